The number of hydrogen-bond donors (Lipinski definition) is 2. The minimum atomic E-state index is -3.74. The van der Waals surface area contributed by atoms with Crippen molar-refractivity contribution in [3.05, 3.63) is 28.8 Å². The first-order valence-electron chi connectivity index (χ1n) is 8.90. The van der Waals surface area contributed by atoms with E-state index in [1.54, 1.807) is 0 Å². The molecule has 0 bridgehead atoms. The molecule has 1 aromatic rings. The minimum Gasteiger partial charge on any atom is -0.449 e. The van der Waals surface area contributed by atoms with E-state index in [1.165, 1.54) is 26.1 Å². The van der Waals surface area contributed by atoms with Gasteiger partial charge in [0.2, 0.25) is 10.0 Å². The van der Waals surface area contributed by atoms with Crippen molar-refractivity contribution >= 4 is 33.5 Å². The molecule has 0 radical (unpaired) electrons. The van der Waals surface area contributed by atoms with Crippen LogP contribution in [0.25, 0.3) is 0 Å². The van der Waals surface area contributed by atoms with Gasteiger partial charge in [-0.1, -0.05) is 31.4 Å². The predicted molar refractivity (Wildman–Crippen MR) is 102 cm³/mol. The lowest BCUT2D eigenvalue weighted by atomic mass is 9.86. The van der Waals surface area contributed by atoms with E-state index >= 15 is 0 Å². The summed E-state index contributed by atoms with van der Waals surface area (Å²) >= 11 is 6.01. The van der Waals surface area contributed by atoms with E-state index in [4.69, 9.17) is 16.3 Å². The molecule has 0 aliphatic heterocycles. The van der Waals surface area contributed by atoms with Crippen molar-refractivity contribution in [3.8, 4) is 0 Å². The summed E-state index contributed by atoms with van der Waals surface area (Å²) in [5, 5.41) is 2.97. The molecule has 0 spiro atoms. The van der Waals surface area contributed by atoms with Gasteiger partial charge in [0.05, 0.1) is 15.5 Å². The number of amides is 1. The molecule has 3 atom stereocenters. The summed E-state index contributed by atoms with van der Waals surface area (Å²) in [6.45, 7) is 3.57. The molecule has 2 rings (SSSR count). The Morgan fingerprint density at radius 2 is 1.93 bits per heavy atom. The third kappa shape index (κ3) is 5.43. The SMILES string of the molecule is CNS(=O)(=O)c1ccc(Cl)c(C(=O)O[C@H](C)C(=O)N[C@@H]2CCCC[C@H]2C)c1. The second-order valence-corrected chi connectivity index (χ2v) is 9.07. The molecule has 1 aliphatic rings. The average molecular weight is 417 g/mol. The van der Waals surface area contributed by atoms with E-state index in [2.05, 4.69) is 17.0 Å². The van der Waals surface area contributed by atoms with Crippen molar-refractivity contribution in [2.45, 2.75) is 56.6 Å². The highest BCUT2D eigenvalue weighted by Crippen LogP contribution is 2.24. The molecule has 1 amide bonds. The lowest BCUT2D eigenvalue weighted by Gasteiger charge is -2.30. The summed E-state index contributed by atoms with van der Waals surface area (Å²) in [6, 6.07) is 3.78. The molecule has 1 saturated carbocycles. The Morgan fingerprint density at radius 3 is 2.56 bits per heavy atom. The summed E-state index contributed by atoms with van der Waals surface area (Å²) in [4.78, 5) is 24.6. The van der Waals surface area contributed by atoms with Crippen LogP contribution in [0.2, 0.25) is 5.02 Å². The Kier molecular flexibility index (Phi) is 7.25. The zero-order valence-corrected chi connectivity index (χ0v) is 17.2. The van der Waals surface area contributed by atoms with Crippen LogP contribution in [0.4, 0.5) is 0 Å². The Labute approximate surface area is 164 Å². The van der Waals surface area contributed by atoms with Crippen molar-refractivity contribution in [2.24, 2.45) is 5.92 Å². The molecule has 9 heteroatoms. The fourth-order valence-corrected chi connectivity index (χ4v) is 4.00. The smallest absolute Gasteiger partial charge is 0.340 e. The fraction of sp³-hybridized carbons (Fsp3) is 0.556. The van der Waals surface area contributed by atoms with E-state index in [0.29, 0.717) is 5.92 Å². The van der Waals surface area contributed by atoms with Crippen LogP contribution in [0.1, 0.15) is 49.9 Å². The minimum absolute atomic E-state index is 0.0450. The Balaban J connectivity index is 2.07. The highest BCUT2D eigenvalue weighted by atomic mass is 35.5. The normalized spacial score (nSPS) is 21.3. The molecule has 7 nitrogen and oxygen atoms in total. The van der Waals surface area contributed by atoms with E-state index in [9.17, 15) is 18.0 Å². The van der Waals surface area contributed by atoms with Crippen molar-refractivity contribution in [2.75, 3.05) is 7.05 Å². The third-order valence-electron chi connectivity index (χ3n) is 4.83. The third-order valence-corrected chi connectivity index (χ3v) is 6.57. The number of carbonyl (C=O) groups excluding carboxylic acids is 2. The number of esters is 1. The van der Waals surface area contributed by atoms with Gasteiger partial charge in [-0.15, -0.1) is 0 Å². The van der Waals surface area contributed by atoms with Gasteiger partial charge in [-0.2, -0.15) is 0 Å². The van der Waals surface area contributed by atoms with Gasteiger partial charge >= 0.3 is 5.97 Å². The van der Waals surface area contributed by atoms with Crippen LogP contribution >= 0.6 is 11.6 Å². The second kappa shape index (κ2) is 9.03. The molecule has 0 unspecified atom stereocenters. The van der Waals surface area contributed by atoms with Gasteiger partial charge in [0.1, 0.15) is 0 Å². The molecule has 1 fully saturated rings. The van der Waals surface area contributed by atoms with Crippen molar-refractivity contribution in [3.63, 3.8) is 0 Å². The van der Waals surface area contributed by atoms with Gasteiger partial charge < -0.3 is 10.1 Å². The predicted octanol–water partition coefficient (Wildman–Crippen LogP) is 2.49. The standard InChI is InChI=1S/C18H25ClN2O5S/c1-11-6-4-5-7-16(11)21-17(22)12(2)26-18(23)14-10-13(8-9-15(14)19)27(24,25)20-3/h8-12,16,20H,4-7H2,1-3H3,(H,21,22)/t11-,12-,16-/m1/s1. The quantitative estimate of drug-likeness (QED) is 0.693. The first-order chi connectivity index (χ1) is 12.7. The van der Waals surface area contributed by atoms with Crippen LogP contribution < -0.4 is 10.0 Å². The van der Waals surface area contributed by atoms with E-state index in [0.717, 1.165) is 31.7 Å². The number of ether oxygens (including phenoxy) is 1. The number of rotatable bonds is 6. The molecule has 0 aromatic heterocycles. The van der Waals surface area contributed by atoms with Crippen LogP contribution in [-0.4, -0.2) is 39.5 Å². The summed E-state index contributed by atoms with van der Waals surface area (Å²) < 4.78 is 31.2. The molecule has 150 valence electrons. The first kappa shape index (κ1) is 21.7. The Hall–Kier alpha value is -1.64. The number of benzene rings is 1. The van der Waals surface area contributed by atoms with Gasteiger partial charge in [0, 0.05) is 6.04 Å². The Morgan fingerprint density at radius 1 is 1.26 bits per heavy atom. The molecule has 1 aromatic carbocycles. The number of carbonyl (C=O) groups is 2. The lowest BCUT2D eigenvalue weighted by molar-refractivity contribution is -0.130. The van der Waals surface area contributed by atoms with Crippen LogP contribution in [-0.2, 0) is 19.6 Å². The topological polar surface area (TPSA) is 102 Å². The highest BCUT2D eigenvalue weighted by Gasteiger charge is 2.27. The number of nitrogens with one attached hydrogen (secondary N) is 2. The van der Waals surface area contributed by atoms with Crippen molar-refractivity contribution < 1.29 is 22.7 Å². The van der Waals surface area contributed by atoms with Crippen LogP contribution in [0.15, 0.2) is 23.1 Å². The molecule has 0 heterocycles. The van der Waals surface area contributed by atoms with Gasteiger partial charge in [-0.3, -0.25) is 4.79 Å². The summed E-state index contributed by atoms with van der Waals surface area (Å²) in [5.41, 5.74) is -0.112. The molecule has 1 aliphatic carbocycles. The largest absolute Gasteiger partial charge is 0.449 e. The highest BCUT2D eigenvalue weighted by molar-refractivity contribution is 7.89. The zero-order chi connectivity index (χ0) is 20.2. The fourth-order valence-electron chi connectivity index (χ4n) is 3.05. The zero-order valence-electron chi connectivity index (χ0n) is 15.6. The summed E-state index contributed by atoms with van der Waals surface area (Å²) in [7, 11) is -2.47. The molecule has 0 saturated heterocycles. The van der Waals surface area contributed by atoms with Crippen LogP contribution in [0.5, 0.6) is 0 Å². The van der Waals surface area contributed by atoms with Crippen LogP contribution in [0.3, 0.4) is 0 Å². The van der Waals surface area contributed by atoms with Gasteiger partial charge in [-0.25, -0.2) is 17.9 Å². The number of hydrogen-bond acceptors (Lipinski definition) is 5. The van der Waals surface area contributed by atoms with E-state index in [-0.39, 0.29) is 27.4 Å². The van der Waals surface area contributed by atoms with Gasteiger partial charge in [0.25, 0.3) is 5.91 Å². The van der Waals surface area contributed by atoms with Crippen molar-refractivity contribution in [1.82, 2.24) is 10.0 Å². The van der Waals surface area contributed by atoms with Gasteiger partial charge in [-0.05, 0) is 50.9 Å². The first-order valence-corrected chi connectivity index (χ1v) is 10.8. The lowest BCUT2D eigenvalue weighted by Crippen LogP contribution is -2.46. The molecular formula is C18H25ClN2O5S. The van der Waals surface area contributed by atoms with E-state index in [1.807, 2.05) is 0 Å². The number of sulfonamides is 1. The summed E-state index contributed by atoms with van der Waals surface area (Å²) in [6.07, 6.45) is 3.16. The van der Waals surface area contributed by atoms with Gasteiger partial charge in [0.15, 0.2) is 6.10 Å². The molecule has 27 heavy (non-hydrogen) atoms. The average Bonchev–Trinajstić information content (AvgIpc) is 2.63. The molecule has 2 N–H and O–H groups in total. The summed E-state index contributed by atoms with van der Waals surface area (Å²) in [5.74, 6) is -0.854. The number of halogens is 1. The maximum absolute atomic E-state index is 12.4. The van der Waals surface area contributed by atoms with E-state index < -0.39 is 22.1 Å². The Bertz CT molecular complexity index is 812. The molecular weight excluding hydrogens is 392 g/mol. The maximum Gasteiger partial charge on any atom is 0.340 e. The van der Waals surface area contributed by atoms with Crippen LogP contribution in [0, 0.1) is 5.92 Å². The second-order valence-electron chi connectivity index (χ2n) is 6.77. The maximum atomic E-state index is 12.4. The monoisotopic (exact) mass is 416 g/mol. The van der Waals surface area contributed by atoms with Crippen molar-refractivity contribution in [1.29, 1.82) is 0 Å².